The monoisotopic (exact) mass is 528 g/mol. The van der Waals surface area contributed by atoms with E-state index in [-0.39, 0.29) is 29.2 Å². The molecule has 1 N–H and O–H groups in total. The molecule has 5 rings (SSSR count). The number of rotatable bonds is 3. The predicted octanol–water partition coefficient (Wildman–Crippen LogP) is 3.81. The second kappa shape index (κ2) is 9.23. The molecule has 2 bridgehead atoms. The minimum Gasteiger partial charge on any atom is -0.462 e. The van der Waals surface area contributed by atoms with Crippen molar-refractivity contribution in [1.29, 1.82) is 0 Å². The highest BCUT2D eigenvalue weighted by molar-refractivity contribution is 5.87. The molecule has 3 heterocycles. The summed E-state index contributed by atoms with van der Waals surface area (Å²) < 4.78 is 24.0. The van der Waals surface area contributed by atoms with Gasteiger partial charge < -0.3 is 23.8 Å². The van der Waals surface area contributed by atoms with E-state index in [1.807, 2.05) is 58.0 Å². The number of carbonyl (C=O) groups is 3. The van der Waals surface area contributed by atoms with Crippen molar-refractivity contribution in [1.82, 2.24) is 4.90 Å². The second-order valence-electron chi connectivity index (χ2n) is 12.9. The van der Waals surface area contributed by atoms with E-state index in [1.165, 1.54) is 0 Å². The van der Waals surface area contributed by atoms with Gasteiger partial charge in [0.1, 0.15) is 24.4 Å². The molecule has 1 aromatic rings. The molecular weight excluding hydrogens is 488 g/mol. The van der Waals surface area contributed by atoms with Gasteiger partial charge in [0.15, 0.2) is 0 Å². The molecule has 9 unspecified atom stereocenters. The van der Waals surface area contributed by atoms with E-state index in [2.05, 4.69) is 26.1 Å². The molecule has 1 saturated carbocycles. The number of likely N-dealkylation sites (N-methyl/N-ethyl adjacent to an activating group) is 1. The number of hydrogen-bond acceptors (Lipinski definition) is 8. The topological polar surface area (TPSA) is 107 Å². The summed E-state index contributed by atoms with van der Waals surface area (Å²) in [7, 11) is 3.75. The maximum absolute atomic E-state index is 13.5. The fourth-order valence-corrected chi connectivity index (χ4v) is 6.84. The molecule has 3 aliphatic heterocycles. The minimum atomic E-state index is -0.737. The molecule has 1 aliphatic carbocycles. The van der Waals surface area contributed by atoms with Crippen molar-refractivity contribution in [3.05, 3.63) is 29.3 Å². The molecule has 0 radical (unpaired) electrons. The molecule has 0 spiro atoms. The van der Waals surface area contributed by atoms with Crippen LogP contribution in [-0.2, 0) is 34.0 Å². The lowest BCUT2D eigenvalue weighted by Crippen LogP contribution is -2.52. The number of amides is 1. The van der Waals surface area contributed by atoms with E-state index in [9.17, 15) is 14.4 Å². The van der Waals surface area contributed by atoms with Gasteiger partial charge in [-0.05, 0) is 50.9 Å². The smallest absolute Gasteiger partial charge is 0.412 e. The van der Waals surface area contributed by atoms with E-state index in [1.54, 1.807) is 0 Å². The molecular formula is C29H40N2O7. The van der Waals surface area contributed by atoms with Crippen LogP contribution in [-0.4, -0.2) is 73.1 Å². The number of carbonyl (C=O) groups excluding carboxylic acids is 3. The highest BCUT2D eigenvalue weighted by atomic mass is 16.7. The Balaban J connectivity index is 1.46. The first kappa shape index (κ1) is 26.9. The lowest BCUT2D eigenvalue weighted by Gasteiger charge is -2.35. The van der Waals surface area contributed by atoms with E-state index in [4.69, 9.17) is 18.9 Å². The van der Waals surface area contributed by atoms with Crippen LogP contribution >= 0.6 is 0 Å². The number of benzene rings is 1. The van der Waals surface area contributed by atoms with Gasteiger partial charge in [0.25, 0.3) is 0 Å². The van der Waals surface area contributed by atoms with Crippen LogP contribution in [0.1, 0.15) is 58.6 Å². The Morgan fingerprint density at radius 2 is 1.82 bits per heavy atom. The molecule has 3 saturated heterocycles. The first-order valence-corrected chi connectivity index (χ1v) is 13.5. The van der Waals surface area contributed by atoms with Crippen LogP contribution in [0.2, 0.25) is 0 Å². The number of ether oxygens (including phenoxy) is 4. The molecule has 4 fully saturated rings. The standard InChI is InChI=1S/C29H40N2O7/c1-14-10-9-11-17(28(3,4)5)21(14)30-27(34)37-23-22(31(7)8)16-12-18(35-26(16)33)20-15(2)25(32)36-19(20)13-29(6)24(23)38-29/h9-11,15-16,18-20,22-24H,12-13H2,1-8H3,(H,30,34). The van der Waals surface area contributed by atoms with Gasteiger partial charge in [0.05, 0.1) is 29.2 Å². The van der Waals surface area contributed by atoms with Gasteiger partial charge in [-0.1, -0.05) is 45.9 Å². The zero-order valence-corrected chi connectivity index (χ0v) is 23.6. The average Bonchev–Trinajstić information content (AvgIpc) is 3.20. The van der Waals surface area contributed by atoms with Crippen molar-refractivity contribution in [2.75, 3.05) is 19.4 Å². The third-order valence-corrected chi connectivity index (χ3v) is 8.87. The van der Waals surface area contributed by atoms with Crippen LogP contribution in [0.25, 0.3) is 0 Å². The number of aryl methyl sites for hydroxylation is 1. The minimum absolute atomic E-state index is 0.190. The molecule has 1 amide bonds. The zero-order chi connectivity index (χ0) is 27.7. The van der Waals surface area contributed by atoms with Gasteiger partial charge in [0.2, 0.25) is 0 Å². The fourth-order valence-electron chi connectivity index (χ4n) is 6.84. The summed E-state index contributed by atoms with van der Waals surface area (Å²) >= 11 is 0. The Morgan fingerprint density at radius 1 is 1.13 bits per heavy atom. The average molecular weight is 529 g/mol. The van der Waals surface area contributed by atoms with Gasteiger partial charge >= 0.3 is 18.0 Å². The first-order valence-electron chi connectivity index (χ1n) is 13.5. The molecule has 9 nitrogen and oxygen atoms in total. The Morgan fingerprint density at radius 3 is 2.47 bits per heavy atom. The summed E-state index contributed by atoms with van der Waals surface area (Å²) in [6, 6.07) is 5.47. The summed E-state index contributed by atoms with van der Waals surface area (Å²) in [5.41, 5.74) is 1.81. The third kappa shape index (κ3) is 4.57. The van der Waals surface area contributed by atoms with Crippen LogP contribution in [0.5, 0.6) is 0 Å². The van der Waals surface area contributed by atoms with Gasteiger partial charge in [-0.2, -0.15) is 0 Å². The van der Waals surface area contributed by atoms with E-state index < -0.39 is 48.1 Å². The van der Waals surface area contributed by atoms with Crippen LogP contribution in [0, 0.1) is 24.7 Å². The maximum atomic E-state index is 13.5. The van der Waals surface area contributed by atoms with Gasteiger partial charge in [0, 0.05) is 12.3 Å². The summed E-state index contributed by atoms with van der Waals surface area (Å²) in [4.78, 5) is 41.1. The van der Waals surface area contributed by atoms with Gasteiger partial charge in [-0.15, -0.1) is 0 Å². The molecule has 9 heteroatoms. The predicted molar refractivity (Wildman–Crippen MR) is 140 cm³/mol. The summed E-state index contributed by atoms with van der Waals surface area (Å²) in [6.45, 7) is 12.0. The summed E-state index contributed by atoms with van der Waals surface area (Å²) in [5, 5.41) is 2.99. The van der Waals surface area contributed by atoms with Crippen molar-refractivity contribution in [3.63, 3.8) is 0 Å². The Labute approximate surface area is 224 Å². The Hall–Kier alpha value is -2.65. The number of hydrogen-bond donors (Lipinski definition) is 1. The lowest BCUT2D eigenvalue weighted by molar-refractivity contribution is -0.149. The number of esters is 2. The summed E-state index contributed by atoms with van der Waals surface area (Å²) in [5.74, 6) is -1.74. The normalized spacial score (nSPS) is 38.1. The van der Waals surface area contributed by atoms with Gasteiger partial charge in [-0.25, -0.2) is 4.79 Å². The van der Waals surface area contributed by atoms with Crippen LogP contribution in [0.4, 0.5) is 10.5 Å². The van der Waals surface area contributed by atoms with Crippen molar-refractivity contribution in [2.24, 2.45) is 17.8 Å². The van der Waals surface area contributed by atoms with Crippen molar-refractivity contribution in [2.45, 2.75) is 95.9 Å². The highest BCUT2D eigenvalue weighted by Crippen LogP contribution is 2.52. The molecule has 208 valence electrons. The molecule has 1 aromatic carbocycles. The number of anilines is 1. The maximum Gasteiger partial charge on any atom is 0.412 e. The van der Waals surface area contributed by atoms with E-state index >= 15 is 0 Å². The number of para-hydroxylation sites is 1. The lowest BCUT2D eigenvalue weighted by atomic mass is 9.76. The van der Waals surface area contributed by atoms with Gasteiger partial charge in [-0.3, -0.25) is 14.9 Å². The van der Waals surface area contributed by atoms with E-state index in [0.29, 0.717) is 12.8 Å². The zero-order valence-electron chi connectivity index (χ0n) is 23.6. The largest absolute Gasteiger partial charge is 0.462 e. The molecule has 4 aliphatic rings. The number of nitrogens with zero attached hydrogens (tertiary/aromatic N) is 1. The SMILES string of the molecule is Cc1cccc(C(C)(C)C)c1NC(=O)OC1C(N(C)C)C2CC(OC2=O)C2C(CC3(C)OC13)OC(=O)C2C. The quantitative estimate of drug-likeness (QED) is 0.359. The number of fused-ring (bicyclic) bond motifs is 5. The Kier molecular flexibility index (Phi) is 6.54. The van der Waals surface area contributed by atoms with Crippen molar-refractivity contribution >= 4 is 23.7 Å². The van der Waals surface area contributed by atoms with Crippen molar-refractivity contribution in [3.8, 4) is 0 Å². The van der Waals surface area contributed by atoms with Crippen LogP contribution < -0.4 is 5.32 Å². The third-order valence-electron chi connectivity index (χ3n) is 8.87. The number of nitrogens with one attached hydrogen (secondary N) is 1. The van der Waals surface area contributed by atoms with Crippen LogP contribution in [0.15, 0.2) is 18.2 Å². The Bertz CT molecular complexity index is 1140. The summed E-state index contributed by atoms with van der Waals surface area (Å²) in [6.07, 6.45) is -1.77. The van der Waals surface area contributed by atoms with E-state index in [0.717, 1.165) is 16.8 Å². The molecule has 9 atom stereocenters. The second-order valence-corrected chi connectivity index (χ2v) is 12.9. The first-order chi connectivity index (χ1) is 17.7. The molecule has 38 heavy (non-hydrogen) atoms. The fraction of sp³-hybridized carbons (Fsp3) is 0.690. The highest BCUT2D eigenvalue weighted by Gasteiger charge is 2.66. The van der Waals surface area contributed by atoms with Crippen molar-refractivity contribution < 1.29 is 33.3 Å². The number of epoxide rings is 1. The van der Waals surface area contributed by atoms with Crippen LogP contribution in [0.3, 0.4) is 0 Å². The molecule has 0 aromatic heterocycles.